The summed E-state index contributed by atoms with van der Waals surface area (Å²) in [5.41, 5.74) is 5.23. The number of benzene rings is 3. The molecule has 172 valence electrons. The first-order valence-corrected chi connectivity index (χ1v) is 11.9. The lowest BCUT2D eigenvalue weighted by molar-refractivity contribution is -0.183. The van der Waals surface area contributed by atoms with Crippen molar-refractivity contribution in [1.29, 1.82) is 0 Å². The molecule has 0 aromatic heterocycles. The number of nitrogens with one attached hydrogen (secondary N) is 1. The van der Waals surface area contributed by atoms with E-state index in [0.29, 0.717) is 5.02 Å². The van der Waals surface area contributed by atoms with Crippen LogP contribution in [0.15, 0.2) is 72.8 Å². The summed E-state index contributed by atoms with van der Waals surface area (Å²) >= 11 is 6.15. The minimum atomic E-state index is -1.02. The third-order valence-electron chi connectivity index (χ3n) is 7.97. The van der Waals surface area contributed by atoms with Crippen LogP contribution in [-0.2, 0) is 14.9 Å². The fourth-order valence-corrected chi connectivity index (χ4v) is 6.72. The van der Waals surface area contributed by atoms with Gasteiger partial charge in [0.15, 0.2) is 0 Å². The molecule has 0 spiro atoms. The van der Waals surface area contributed by atoms with Gasteiger partial charge in [-0.05, 0) is 64.6 Å². The molecule has 7 rings (SSSR count). The summed E-state index contributed by atoms with van der Waals surface area (Å²) < 4.78 is 5.60. The molecular formula is C28H24ClNO4. The summed E-state index contributed by atoms with van der Waals surface area (Å²) in [5, 5.41) is 13.2. The molecule has 3 fully saturated rings. The van der Waals surface area contributed by atoms with Gasteiger partial charge in [0.05, 0.1) is 0 Å². The summed E-state index contributed by atoms with van der Waals surface area (Å²) in [6, 6.07) is 23.0. The zero-order valence-electron chi connectivity index (χ0n) is 18.5. The summed E-state index contributed by atoms with van der Waals surface area (Å²) in [6.45, 7) is 0.158. The lowest BCUT2D eigenvalue weighted by atomic mass is 9.31. The van der Waals surface area contributed by atoms with Gasteiger partial charge >= 0.3 is 12.1 Å². The van der Waals surface area contributed by atoms with Crippen molar-refractivity contribution >= 4 is 23.7 Å². The summed E-state index contributed by atoms with van der Waals surface area (Å²) in [5.74, 6) is -1.09. The highest BCUT2D eigenvalue weighted by Gasteiger charge is 2.72. The molecule has 4 aliphatic rings. The van der Waals surface area contributed by atoms with Gasteiger partial charge in [0, 0.05) is 16.4 Å². The van der Waals surface area contributed by atoms with Crippen molar-refractivity contribution in [2.45, 2.75) is 36.6 Å². The molecule has 1 atom stereocenters. The molecule has 2 N–H and O–H groups in total. The van der Waals surface area contributed by atoms with Gasteiger partial charge in [0.25, 0.3) is 0 Å². The van der Waals surface area contributed by atoms with Gasteiger partial charge < -0.3 is 15.2 Å². The van der Waals surface area contributed by atoms with Crippen molar-refractivity contribution < 1.29 is 19.4 Å². The van der Waals surface area contributed by atoms with Crippen molar-refractivity contribution in [3.05, 3.63) is 94.5 Å². The predicted octanol–water partition coefficient (Wildman–Crippen LogP) is 5.75. The normalized spacial score (nSPS) is 24.7. The molecule has 3 saturated carbocycles. The van der Waals surface area contributed by atoms with E-state index >= 15 is 0 Å². The third kappa shape index (κ3) is 3.14. The van der Waals surface area contributed by atoms with Crippen LogP contribution in [0.1, 0.15) is 41.9 Å². The number of carbonyl (C=O) groups excluding carboxylic acids is 1. The Labute approximate surface area is 202 Å². The highest BCUT2D eigenvalue weighted by Crippen LogP contribution is 2.75. The standard InChI is InChI=1S/C28H24ClNO4/c29-18-7-5-6-17(12-18)27-14-28(15-27,16-27)24(25(31)32)30-26(33)34-13-23-21-10-3-1-8-19(21)20-9-2-4-11-22(20)23/h1-12,23-24H,13-16H2,(H,30,33)(H,31,32). The van der Waals surface area contributed by atoms with Crippen LogP contribution >= 0.6 is 11.6 Å². The minimum Gasteiger partial charge on any atom is -0.480 e. The largest absolute Gasteiger partial charge is 0.480 e. The molecule has 4 aliphatic carbocycles. The van der Waals surface area contributed by atoms with Crippen LogP contribution in [0.25, 0.3) is 11.1 Å². The Bertz CT molecular complexity index is 1250. The van der Waals surface area contributed by atoms with E-state index in [1.54, 1.807) is 0 Å². The van der Waals surface area contributed by atoms with E-state index < -0.39 is 23.5 Å². The van der Waals surface area contributed by atoms with Gasteiger partial charge in [0.2, 0.25) is 0 Å². The number of fused-ring (bicyclic) bond motifs is 3. The van der Waals surface area contributed by atoms with Gasteiger partial charge in [0.1, 0.15) is 12.6 Å². The quantitative estimate of drug-likeness (QED) is 0.477. The number of ether oxygens (including phenoxy) is 1. The van der Waals surface area contributed by atoms with Crippen molar-refractivity contribution in [3.63, 3.8) is 0 Å². The lowest BCUT2D eigenvalue weighted by Crippen LogP contribution is -2.73. The first-order valence-electron chi connectivity index (χ1n) is 11.5. The number of hydrogen-bond acceptors (Lipinski definition) is 3. The van der Waals surface area contributed by atoms with E-state index in [1.807, 2.05) is 48.5 Å². The topological polar surface area (TPSA) is 75.6 Å². The number of aliphatic carboxylic acids is 1. The molecule has 0 saturated heterocycles. The average Bonchev–Trinajstić information content (AvgIpc) is 3.09. The van der Waals surface area contributed by atoms with Crippen LogP contribution in [0.4, 0.5) is 4.79 Å². The lowest BCUT2D eigenvalue weighted by Gasteiger charge is -2.72. The van der Waals surface area contributed by atoms with Crippen LogP contribution in [-0.4, -0.2) is 29.8 Å². The number of halogens is 1. The molecule has 2 bridgehead atoms. The van der Waals surface area contributed by atoms with Crippen LogP contribution in [0.5, 0.6) is 0 Å². The number of rotatable bonds is 6. The Morgan fingerprint density at radius 2 is 1.59 bits per heavy atom. The number of carbonyl (C=O) groups is 2. The smallest absolute Gasteiger partial charge is 0.407 e. The minimum absolute atomic E-state index is 0.0263. The van der Waals surface area contributed by atoms with Crippen LogP contribution in [0, 0.1) is 5.41 Å². The second-order valence-corrected chi connectivity index (χ2v) is 10.4. The molecule has 3 aromatic rings. The van der Waals surface area contributed by atoms with E-state index in [0.717, 1.165) is 47.1 Å². The van der Waals surface area contributed by atoms with E-state index in [9.17, 15) is 14.7 Å². The van der Waals surface area contributed by atoms with Crippen molar-refractivity contribution in [2.24, 2.45) is 5.41 Å². The highest BCUT2D eigenvalue weighted by atomic mass is 35.5. The van der Waals surface area contributed by atoms with Gasteiger partial charge in [-0.1, -0.05) is 72.3 Å². The first-order chi connectivity index (χ1) is 16.4. The van der Waals surface area contributed by atoms with E-state index in [1.165, 1.54) is 0 Å². The molecule has 1 amide bonds. The fraction of sp³-hybridized carbons (Fsp3) is 0.286. The van der Waals surface area contributed by atoms with Gasteiger partial charge in [-0.25, -0.2) is 9.59 Å². The fourth-order valence-electron chi connectivity index (χ4n) is 6.53. The monoisotopic (exact) mass is 473 g/mol. The molecule has 6 heteroatoms. The third-order valence-corrected chi connectivity index (χ3v) is 8.21. The molecule has 1 unspecified atom stereocenters. The van der Waals surface area contributed by atoms with Crippen LogP contribution in [0.2, 0.25) is 5.02 Å². The molecule has 3 aromatic carbocycles. The van der Waals surface area contributed by atoms with Crippen LogP contribution < -0.4 is 5.32 Å². The maximum Gasteiger partial charge on any atom is 0.407 e. The molecular weight excluding hydrogens is 450 g/mol. The highest BCUT2D eigenvalue weighted by molar-refractivity contribution is 6.30. The van der Waals surface area contributed by atoms with Crippen molar-refractivity contribution in [2.75, 3.05) is 6.61 Å². The molecule has 5 nitrogen and oxygen atoms in total. The second-order valence-electron chi connectivity index (χ2n) is 9.92. The Kier molecular flexibility index (Phi) is 4.75. The number of hydrogen-bond donors (Lipinski definition) is 2. The molecule has 34 heavy (non-hydrogen) atoms. The van der Waals surface area contributed by atoms with E-state index in [2.05, 4.69) is 29.6 Å². The Morgan fingerprint density at radius 3 is 2.18 bits per heavy atom. The number of carboxylic acid groups (broad SMARTS) is 1. The second kappa shape index (κ2) is 7.60. The van der Waals surface area contributed by atoms with Crippen LogP contribution in [0.3, 0.4) is 0 Å². The summed E-state index contributed by atoms with van der Waals surface area (Å²) in [4.78, 5) is 24.8. The van der Waals surface area contributed by atoms with Gasteiger partial charge in [-0.15, -0.1) is 0 Å². The molecule has 0 radical (unpaired) electrons. The van der Waals surface area contributed by atoms with Crippen molar-refractivity contribution in [1.82, 2.24) is 5.32 Å². The summed E-state index contributed by atoms with van der Waals surface area (Å²) in [6.07, 6.45) is 1.49. The Hall–Kier alpha value is -3.31. The van der Waals surface area contributed by atoms with Gasteiger partial charge in [-0.2, -0.15) is 0 Å². The molecule has 0 aliphatic heterocycles. The number of alkyl carbamates (subject to hydrolysis) is 1. The van der Waals surface area contributed by atoms with E-state index in [-0.39, 0.29) is 17.9 Å². The van der Waals surface area contributed by atoms with Crippen molar-refractivity contribution in [3.8, 4) is 11.1 Å². The predicted molar refractivity (Wildman–Crippen MR) is 129 cm³/mol. The number of carboxylic acids is 1. The summed E-state index contributed by atoms with van der Waals surface area (Å²) in [7, 11) is 0. The van der Waals surface area contributed by atoms with E-state index in [4.69, 9.17) is 16.3 Å². The zero-order valence-corrected chi connectivity index (χ0v) is 19.2. The van der Waals surface area contributed by atoms with Gasteiger partial charge in [-0.3, -0.25) is 0 Å². The zero-order chi connectivity index (χ0) is 23.5. The Balaban J connectivity index is 1.13. The first kappa shape index (κ1) is 21.2. The Morgan fingerprint density at radius 1 is 0.971 bits per heavy atom. The SMILES string of the molecule is O=C(NC(C(=O)O)C12CC(c3cccc(Cl)c3)(C1)C2)OCC1c2ccccc2-c2ccccc21. The molecule has 0 heterocycles. The maximum atomic E-state index is 12.7. The average molecular weight is 474 g/mol. The number of amides is 1. The maximum absolute atomic E-state index is 12.7.